The van der Waals surface area contributed by atoms with Gasteiger partial charge in [-0.3, -0.25) is 4.90 Å². The zero-order chi connectivity index (χ0) is 12.7. The van der Waals surface area contributed by atoms with Gasteiger partial charge in [-0.1, -0.05) is 26.7 Å². The molecule has 0 saturated heterocycles. The Hall–Kier alpha value is -1.06. The number of hydrogen-bond acceptors (Lipinski definition) is 3. The van der Waals surface area contributed by atoms with Gasteiger partial charge in [0, 0.05) is 32.0 Å². The van der Waals surface area contributed by atoms with Gasteiger partial charge in [0.15, 0.2) is 0 Å². The van der Waals surface area contributed by atoms with Crippen LogP contribution in [0.3, 0.4) is 0 Å². The molecule has 3 unspecified atom stereocenters. The van der Waals surface area contributed by atoms with E-state index in [0.717, 1.165) is 19.0 Å². The molecule has 1 aliphatic carbocycles. The van der Waals surface area contributed by atoms with Crippen molar-refractivity contribution in [3.8, 4) is 12.1 Å². The van der Waals surface area contributed by atoms with Crippen LogP contribution in [0.25, 0.3) is 0 Å². The molecule has 17 heavy (non-hydrogen) atoms. The van der Waals surface area contributed by atoms with E-state index in [2.05, 4.69) is 30.9 Å². The van der Waals surface area contributed by atoms with Gasteiger partial charge in [-0.05, 0) is 18.3 Å². The molecule has 3 heteroatoms. The number of nitriles is 2. The second kappa shape index (κ2) is 7.30. The van der Waals surface area contributed by atoms with Crippen LogP contribution in [-0.2, 0) is 0 Å². The van der Waals surface area contributed by atoms with Crippen LogP contribution in [0, 0.1) is 34.5 Å². The summed E-state index contributed by atoms with van der Waals surface area (Å²) in [6.45, 7) is 6.28. The van der Waals surface area contributed by atoms with Crippen LogP contribution in [-0.4, -0.2) is 24.0 Å². The summed E-state index contributed by atoms with van der Waals surface area (Å²) in [5.74, 6) is 1.45. The Morgan fingerprint density at radius 3 is 2.18 bits per heavy atom. The van der Waals surface area contributed by atoms with Gasteiger partial charge in [0.25, 0.3) is 0 Å². The Bertz CT molecular complexity index is 282. The van der Waals surface area contributed by atoms with Crippen molar-refractivity contribution >= 4 is 0 Å². The lowest BCUT2D eigenvalue weighted by molar-refractivity contribution is 0.0844. The quantitative estimate of drug-likeness (QED) is 0.733. The van der Waals surface area contributed by atoms with E-state index in [1.165, 1.54) is 19.3 Å². The maximum Gasteiger partial charge on any atom is 0.0635 e. The van der Waals surface area contributed by atoms with Crippen molar-refractivity contribution in [2.45, 2.75) is 52.0 Å². The Kier molecular flexibility index (Phi) is 6.01. The van der Waals surface area contributed by atoms with E-state index in [0.29, 0.717) is 24.8 Å². The lowest BCUT2D eigenvalue weighted by Gasteiger charge is -2.41. The minimum absolute atomic E-state index is 0.570. The van der Waals surface area contributed by atoms with Crippen LogP contribution in [0.15, 0.2) is 0 Å². The summed E-state index contributed by atoms with van der Waals surface area (Å²) in [5.41, 5.74) is 0. The molecule has 0 amide bonds. The molecule has 1 aliphatic rings. The molecule has 3 nitrogen and oxygen atoms in total. The van der Waals surface area contributed by atoms with Crippen LogP contribution >= 0.6 is 0 Å². The molecule has 0 bridgehead atoms. The third-order valence-corrected chi connectivity index (χ3v) is 4.15. The van der Waals surface area contributed by atoms with E-state index in [4.69, 9.17) is 10.5 Å². The van der Waals surface area contributed by atoms with Crippen LogP contribution in [0.2, 0.25) is 0 Å². The normalized spacial score (nSPS) is 28.6. The van der Waals surface area contributed by atoms with E-state index in [9.17, 15) is 0 Å². The smallest absolute Gasteiger partial charge is 0.0635 e. The van der Waals surface area contributed by atoms with Gasteiger partial charge in [-0.2, -0.15) is 10.5 Å². The summed E-state index contributed by atoms with van der Waals surface area (Å²) in [7, 11) is 0. The van der Waals surface area contributed by atoms with Crippen LogP contribution in [0.4, 0.5) is 0 Å². The zero-order valence-electron chi connectivity index (χ0n) is 11.0. The van der Waals surface area contributed by atoms with Crippen molar-refractivity contribution in [1.29, 1.82) is 10.5 Å². The molecule has 0 radical (unpaired) electrons. The van der Waals surface area contributed by atoms with E-state index in [1.807, 2.05) is 0 Å². The lowest BCUT2D eigenvalue weighted by atomic mass is 9.77. The largest absolute Gasteiger partial charge is 0.298 e. The van der Waals surface area contributed by atoms with Crippen molar-refractivity contribution in [2.24, 2.45) is 11.8 Å². The van der Waals surface area contributed by atoms with Crippen LogP contribution in [0.5, 0.6) is 0 Å². The average Bonchev–Trinajstić information content (AvgIpc) is 2.34. The van der Waals surface area contributed by atoms with Crippen LogP contribution < -0.4 is 0 Å². The predicted octanol–water partition coefficient (Wildman–Crippen LogP) is 2.94. The van der Waals surface area contributed by atoms with Gasteiger partial charge in [0.2, 0.25) is 0 Å². The zero-order valence-corrected chi connectivity index (χ0v) is 11.0. The molecule has 0 aliphatic heterocycles. The molecule has 94 valence electrons. The first kappa shape index (κ1) is 14.0. The summed E-state index contributed by atoms with van der Waals surface area (Å²) >= 11 is 0. The van der Waals surface area contributed by atoms with E-state index >= 15 is 0 Å². The molecule has 0 aromatic carbocycles. The Morgan fingerprint density at radius 2 is 1.65 bits per heavy atom. The highest BCUT2D eigenvalue weighted by Gasteiger charge is 2.30. The first-order chi connectivity index (χ1) is 8.20. The molecule has 3 atom stereocenters. The summed E-state index contributed by atoms with van der Waals surface area (Å²) in [5, 5.41) is 17.4. The molecule has 1 saturated carbocycles. The summed E-state index contributed by atoms with van der Waals surface area (Å²) in [6, 6.07) is 5.00. The van der Waals surface area contributed by atoms with Crippen molar-refractivity contribution in [3.63, 3.8) is 0 Å². The topological polar surface area (TPSA) is 50.8 Å². The fourth-order valence-electron chi connectivity index (χ4n) is 2.90. The highest BCUT2D eigenvalue weighted by molar-refractivity contribution is 4.87. The average molecular weight is 233 g/mol. The lowest BCUT2D eigenvalue weighted by Crippen LogP contribution is -2.44. The second-order valence-electron chi connectivity index (χ2n) is 5.19. The first-order valence-corrected chi connectivity index (χ1v) is 6.68. The SMILES string of the molecule is CC1CCCC(N(CCC#N)CCC#N)C1C. The van der Waals surface area contributed by atoms with Crippen molar-refractivity contribution < 1.29 is 0 Å². The predicted molar refractivity (Wildman–Crippen MR) is 68.0 cm³/mol. The Balaban J connectivity index is 2.60. The van der Waals surface area contributed by atoms with E-state index < -0.39 is 0 Å². The Morgan fingerprint density at radius 1 is 1.06 bits per heavy atom. The maximum atomic E-state index is 8.72. The summed E-state index contributed by atoms with van der Waals surface area (Å²) in [4.78, 5) is 2.37. The summed E-state index contributed by atoms with van der Waals surface area (Å²) in [6.07, 6.45) is 4.97. The number of rotatable bonds is 5. The molecule has 1 fully saturated rings. The van der Waals surface area contributed by atoms with Gasteiger partial charge in [0.05, 0.1) is 12.1 Å². The van der Waals surface area contributed by atoms with Gasteiger partial charge < -0.3 is 0 Å². The van der Waals surface area contributed by atoms with Crippen molar-refractivity contribution in [3.05, 3.63) is 0 Å². The van der Waals surface area contributed by atoms with Crippen molar-refractivity contribution in [2.75, 3.05) is 13.1 Å². The minimum atomic E-state index is 0.570. The van der Waals surface area contributed by atoms with Gasteiger partial charge >= 0.3 is 0 Å². The van der Waals surface area contributed by atoms with Crippen molar-refractivity contribution in [1.82, 2.24) is 4.90 Å². The maximum absolute atomic E-state index is 8.72. The van der Waals surface area contributed by atoms with Gasteiger partial charge in [-0.25, -0.2) is 0 Å². The monoisotopic (exact) mass is 233 g/mol. The second-order valence-corrected chi connectivity index (χ2v) is 5.19. The highest BCUT2D eigenvalue weighted by Crippen LogP contribution is 2.32. The first-order valence-electron chi connectivity index (χ1n) is 6.68. The highest BCUT2D eigenvalue weighted by atomic mass is 15.2. The van der Waals surface area contributed by atoms with Gasteiger partial charge in [-0.15, -0.1) is 0 Å². The third-order valence-electron chi connectivity index (χ3n) is 4.15. The number of hydrogen-bond donors (Lipinski definition) is 0. The fourth-order valence-corrected chi connectivity index (χ4v) is 2.90. The summed E-state index contributed by atoms with van der Waals surface area (Å²) < 4.78 is 0. The minimum Gasteiger partial charge on any atom is -0.298 e. The van der Waals surface area contributed by atoms with Gasteiger partial charge in [0.1, 0.15) is 0 Å². The van der Waals surface area contributed by atoms with E-state index in [-0.39, 0.29) is 0 Å². The standard InChI is InChI=1S/C14H23N3/c1-12-6-3-7-14(13(12)2)17(10-4-8-15)11-5-9-16/h12-14H,3-7,10-11H2,1-2H3. The molecule has 0 N–H and O–H groups in total. The molecule has 0 aromatic heterocycles. The molecular formula is C14H23N3. The molecule has 0 spiro atoms. The molecule has 1 rings (SSSR count). The molecule has 0 heterocycles. The Labute approximate surface area is 105 Å². The van der Waals surface area contributed by atoms with E-state index in [1.54, 1.807) is 0 Å². The third kappa shape index (κ3) is 4.02. The molecular weight excluding hydrogens is 210 g/mol. The fraction of sp³-hybridized carbons (Fsp3) is 0.857. The van der Waals surface area contributed by atoms with Crippen LogP contribution in [0.1, 0.15) is 46.0 Å². The number of nitrogens with zero attached hydrogens (tertiary/aromatic N) is 3. The molecule has 0 aromatic rings.